The first kappa shape index (κ1) is 14.1. The highest BCUT2D eigenvalue weighted by Gasteiger charge is 2.22. The van der Waals surface area contributed by atoms with Gasteiger partial charge in [0.25, 0.3) is 0 Å². The van der Waals surface area contributed by atoms with Crippen LogP contribution in [0.3, 0.4) is 0 Å². The van der Waals surface area contributed by atoms with Gasteiger partial charge in [-0.2, -0.15) is 0 Å². The number of likely N-dealkylation sites (tertiary alicyclic amines) is 1. The third-order valence-corrected chi connectivity index (χ3v) is 3.52. The van der Waals surface area contributed by atoms with E-state index in [2.05, 4.69) is 10.3 Å². The van der Waals surface area contributed by atoms with Gasteiger partial charge in [-0.1, -0.05) is 17.7 Å². The number of rotatable bonds is 3. The van der Waals surface area contributed by atoms with Crippen molar-refractivity contribution in [2.45, 2.75) is 19.4 Å². The van der Waals surface area contributed by atoms with Crippen molar-refractivity contribution in [3.8, 4) is 0 Å². The molecule has 1 aliphatic heterocycles. The molecule has 19 heavy (non-hydrogen) atoms. The van der Waals surface area contributed by atoms with Crippen LogP contribution < -0.4 is 5.32 Å². The number of hydrogen-bond acceptors (Lipinski definition) is 3. The molecule has 0 aromatic carbocycles. The topological polar surface area (TPSA) is 65.5 Å². The van der Waals surface area contributed by atoms with Crippen molar-refractivity contribution < 1.29 is 9.90 Å². The molecule has 1 saturated heterocycles. The van der Waals surface area contributed by atoms with E-state index in [4.69, 9.17) is 16.7 Å². The largest absolute Gasteiger partial charge is 0.396 e. The second-order valence-corrected chi connectivity index (χ2v) is 5.17. The number of carbonyl (C=O) groups is 1. The zero-order valence-corrected chi connectivity index (χ0v) is 11.4. The summed E-state index contributed by atoms with van der Waals surface area (Å²) in [5.41, 5.74) is 0.911. The molecule has 1 aliphatic rings. The van der Waals surface area contributed by atoms with Gasteiger partial charge in [-0.25, -0.2) is 9.78 Å². The van der Waals surface area contributed by atoms with Crippen LogP contribution in [0.5, 0.6) is 0 Å². The normalized spacial score (nSPS) is 19.3. The zero-order valence-electron chi connectivity index (χ0n) is 10.7. The average Bonchev–Trinajstić information content (AvgIpc) is 2.46. The van der Waals surface area contributed by atoms with Crippen LogP contribution in [0.1, 0.15) is 18.4 Å². The number of aliphatic hydroxyl groups excluding tert-OH is 1. The third kappa shape index (κ3) is 4.08. The second-order valence-electron chi connectivity index (χ2n) is 4.78. The van der Waals surface area contributed by atoms with E-state index in [0.717, 1.165) is 24.9 Å². The van der Waals surface area contributed by atoms with Crippen LogP contribution in [-0.4, -0.2) is 40.7 Å². The Labute approximate surface area is 117 Å². The Hall–Kier alpha value is -1.33. The maximum absolute atomic E-state index is 12.0. The van der Waals surface area contributed by atoms with Crippen LogP contribution in [0, 0.1) is 5.92 Å². The fourth-order valence-electron chi connectivity index (χ4n) is 2.20. The van der Waals surface area contributed by atoms with Crippen LogP contribution in [0.15, 0.2) is 18.3 Å². The van der Waals surface area contributed by atoms with Crippen molar-refractivity contribution >= 4 is 17.6 Å². The molecule has 0 aliphatic carbocycles. The highest BCUT2D eigenvalue weighted by atomic mass is 35.5. The van der Waals surface area contributed by atoms with Crippen molar-refractivity contribution in [3.63, 3.8) is 0 Å². The van der Waals surface area contributed by atoms with E-state index in [-0.39, 0.29) is 18.6 Å². The van der Waals surface area contributed by atoms with Crippen LogP contribution in [0.25, 0.3) is 0 Å². The number of aromatic nitrogens is 1. The SMILES string of the molecule is O=C(NCc1ccc(Cl)nc1)N1CCCC(CO)C1. The smallest absolute Gasteiger partial charge is 0.317 e. The summed E-state index contributed by atoms with van der Waals surface area (Å²) in [6.45, 7) is 1.95. The van der Waals surface area contributed by atoms with Gasteiger partial charge in [0, 0.05) is 32.4 Å². The van der Waals surface area contributed by atoms with E-state index in [0.29, 0.717) is 18.2 Å². The molecule has 0 saturated carbocycles. The van der Waals surface area contributed by atoms with Crippen molar-refractivity contribution in [2.24, 2.45) is 5.92 Å². The van der Waals surface area contributed by atoms with E-state index in [1.54, 1.807) is 17.2 Å². The van der Waals surface area contributed by atoms with Crippen molar-refractivity contribution in [3.05, 3.63) is 29.0 Å². The molecule has 1 unspecified atom stereocenters. The number of halogens is 1. The first-order valence-electron chi connectivity index (χ1n) is 6.43. The molecule has 5 nitrogen and oxygen atoms in total. The summed E-state index contributed by atoms with van der Waals surface area (Å²) in [5.74, 6) is 0.205. The lowest BCUT2D eigenvalue weighted by Gasteiger charge is -2.31. The van der Waals surface area contributed by atoms with Crippen molar-refractivity contribution in [2.75, 3.05) is 19.7 Å². The quantitative estimate of drug-likeness (QED) is 0.829. The predicted molar refractivity (Wildman–Crippen MR) is 72.9 cm³/mol. The second kappa shape index (κ2) is 6.73. The van der Waals surface area contributed by atoms with Crippen LogP contribution in [0.2, 0.25) is 5.15 Å². The standard InChI is InChI=1S/C13H18ClN3O2/c14-12-4-3-10(6-15-12)7-16-13(19)17-5-1-2-11(8-17)9-18/h3-4,6,11,18H,1-2,5,7-9H2,(H,16,19). The molecule has 104 valence electrons. The fourth-order valence-corrected chi connectivity index (χ4v) is 2.31. The Morgan fingerprint density at radius 3 is 3.11 bits per heavy atom. The lowest BCUT2D eigenvalue weighted by atomic mass is 9.99. The molecule has 1 atom stereocenters. The summed E-state index contributed by atoms with van der Waals surface area (Å²) in [7, 11) is 0. The first-order valence-corrected chi connectivity index (χ1v) is 6.81. The lowest BCUT2D eigenvalue weighted by molar-refractivity contribution is 0.129. The Morgan fingerprint density at radius 1 is 1.58 bits per heavy atom. The summed E-state index contributed by atoms with van der Waals surface area (Å²) in [5, 5.41) is 12.4. The van der Waals surface area contributed by atoms with Gasteiger partial charge in [0.15, 0.2) is 0 Å². The van der Waals surface area contributed by atoms with E-state index in [1.807, 2.05) is 6.07 Å². The number of piperidine rings is 1. The molecular formula is C13H18ClN3O2. The number of carbonyl (C=O) groups excluding carboxylic acids is 1. The predicted octanol–water partition coefficient (Wildman–Crippen LogP) is 1.65. The number of hydrogen-bond donors (Lipinski definition) is 2. The summed E-state index contributed by atoms with van der Waals surface area (Å²) < 4.78 is 0. The van der Waals surface area contributed by atoms with Crippen molar-refractivity contribution in [1.82, 2.24) is 15.2 Å². The molecule has 0 spiro atoms. The van der Waals surface area contributed by atoms with Gasteiger partial charge < -0.3 is 15.3 Å². The minimum absolute atomic E-state index is 0.0897. The number of nitrogens with zero attached hydrogens (tertiary/aromatic N) is 2. The molecule has 1 aromatic heterocycles. The van der Waals surface area contributed by atoms with Crippen LogP contribution >= 0.6 is 11.6 Å². The number of nitrogens with one attached hydrogen (secondary N) is 1. The zero-order chi connectivity index (χ0) is 13.7. The summed E-state index contributed by atoms with van der Waals surface area (Å²) in [6.07, 6.45) is 3.58. The number of aliphatic hydroxyl groups is 1. The van der Waals surface area contributed by atoms with Gasteiger partial charge in [-0.15, -0.1) is 0 Å². The first-order chi connectivity index (χ1) is 9.19. The molecule has 2 rings (SSSR count). The van der Waals surface area contributed by atoms with Gasteiger partial charge in [0.2, 0.25) is 0 Å². The summed E-state index contributed by atoms with van der Waals surface area (Å²) in [6, 6.07) is 3.45. The molecule has 2 heterocycles. The Bertz CT molecular complexity index is 424. The summed E-state index contributed by atoms with van der Waals surface area (Å²) in [4.78, 5) is 17.7. The Balaban J connectivity index is 1.82. The molecule has 6 heteroatoms. The highest BCUT2D eigenvalue weighted by Crippen LogP contribution is 2.15. The molecule has 2 amide bonds. The molecule has 0 radical (unpaired) electrons. The molecule has 1 aromatic rings. The molecule has 2 N–H and O–H groups in total. The van der Waals surface area contributed by atoms with Crippen LogP contribution in [-0.2, 0) is 6.54 Å². The Kier molecular flexibility index (Phi) is 4.99. The monoisotopic (exact) mass is 283 g/mol. The van der Waals surface area contributed by atoms with Gasteiger partial charge >= 0.3 is 6.03 Å². The summed E-state index contributed by atoms with van der Waals surface area (Å²) >= 11 is 5.70. The molecular weight excluding hydrogens is 266 g/mol. The lowest BCUT2D eigenvalue weighted by Crippen LogP contribution is -2.45. The molecule has 1 fully saturated rings. The van der Waals surface area contributed by atoms with Gasteiger partial charge in [0.1, 0.15) is 5.15 Å². The minimum atomic E-state index is -0.0897. The minimum Gasteiger partial charge on any atom is -0.396 e. The van der Waals surface area contributed by atoms with E-state index in [1.165, 1.54) is 0 Å². The average molecular weight is 284 g/mol. The number of pyridine rings is 1. The van der Waals surface area contributed by atoms with Crippen molar-refractivity contribution in [1.29, 1.82) is 0 Å². The maximum Gasteiger partial charge on any atom is 0.317 e. The van der Waals surface area contributed by atoms with E-state index in [9.17, 15) is 4.79 Å². The van der Waals surface area contributed by atoms with E-state index < -0.39 is 0 Å². The van der Waals surface area contributed by atoms with E-state index >= 15 is 0 Å². The van der Waals surface area contributed by atoms with Gasteiger partial charge in [-0.05, 0) is 30.4 Å². The van der Waals surface area contributed by atoms with Gasteiger partial charge in [-0.3, -0.25) is 0 Å². The maximum atomic E-state index is 12.0. The third-order valence-electron chi connectivity index (χ3n) is 3.30. The number of amides is 2. The molecule has 0 bridgehead atoms. The number of urea groups is 1. The van der Waals surface area contributed by atoms with Crippen LogP contribution in [0.4, 0.5) is 4.79 Å². The van der Waals surface area contributed by atoms with Gasteiger partial charge in [0.05, 0.1) is 0 Å². The fraction of sp³-hybridized carbons (Fsp3) is 0.538. The Morgan fingerprint density at radius 2 is 2.42 bits per heavy atom. The highest BCUT2D eigenvalue weighted by molar-refractivity contribution is 6.29.